The molecule has 2 N–H and O–H groups in total. The minimum Gasteiger partial charge on any atom is -0.496 e. The van der Waals surface area contributed by atoms with Gasteiger partial charge in [0.25, 0.3) is 0 Å². The lowest BCUT2D eigenvalue weighted by Gasteiger charge is -2.11. The fourth-order valence-corrected chi connectivity index (χ4v) is 2.91. The van der Waals surface area contributed by atoms with Crippen LogP contribution >= 0.6 is 11.6 Å². The standard InChI is InChI=1S/C20H21ClN4O2/c1-26-17-6-4-3-5-14(17)9-10-22-19-12-20(24-13-23-19)25-15-7-8-18(27-2)16(21)11-15/h3-8,11-13H,9-10H2,1-2H3,(H2,22,23,24,25). The SMILES string of the molecule is COc1ccc(Nc2cc(NCCc3ccccc3OC)ncn2)cc1Cl. The van der Waals surface area contributed by atoms with Crippen LogP contribution in [0.15, 0.2) is 54.9 Å². The Labute approximate surface area is 163 Å². The van der Waals surface area contributed by atoms with Crippen molar-refractivity contribution in [3.05, 3.63) is 65.4 Å². The zero-order valence-corrected chi connectivity index (χ0v) is 16.0. The number of nitrogens with one attached hydrogen (secondary N) is 2. The molecule has 0 unspecified atom stereocenters. The molecule has 0 amide bonds. The Hall–Kier alpha value is -2.99. The number of methoxy groups -OCH3 is 2. The lowest BCUT2D eigenvalue weighted by molar-refractivity contribution is 0.410. The summed E-state index contributed by atoms with van der Waals surface area (Å²) in [4.78, 5) is 8.50. The molecule has 27 heavy (non-hydrogen) atoms. The maximum Gasteiger partial charge on any atom is 0.137 e. The molecule has 0 saturated heterocycles. The van der Waals surface area contributed by atoms with Crippen molar-refractivity contribution in [3.63, 3.8) is 0 Å². The smallest absolute Gasteiger partial charge is 0.137 e. The highest BCUT2D eigenvalue weighted by molar-refractivity contribution is 6.32. The number of halogens is 1. The summed E-state index contributed by atoms with van der Waals surface area (Å²) in [5.74, 6) is 2.93. The minimum atomic E-state index is 0.534. The molecule has 0 saturated carbocycles. The van der Waals surface area contributed by atoms with Crippen molar-refractivity contribution >= 4 is 28.9 Å². The molecule has 3 rings (SSSR count). The highest BCUT2D eigenvalue weighted by Crippen LogP contribution is 2.28. The van der Waals surface area contributed by atoms with Crippen LogP contribution < -0.4 is 20.1 Å². The second-order valence-corrected chi connectivity index (χ2v) is 6.16. The van der Waals surface area contributed by atoms with Gasteiger partial charge in [0.2, 0.25) is 0 Å². The number of hydrogen-bond acceptors (Lipinski definition) is 6. The number of ether oxygens (including phenoxy) is 2. The Morgan fingerprint density at radius 3 is 2.48 bits per heavy atom. The first-order valence-electron chi connectivity index (χ1n) is 8.48. The predicted molar refractivity (Wildman–Crippen MR) is 109 cm³/mol. The second kappa shape index (κ2) is 9.09. The van der Waals surface area contributed by atoms with Crippen LogP contribution in [0.3, 0.4) is 0 Å². The number of para-hydroxylation sites is 1. The van der Waals surface area contributed by atoms with E-state index in [0.29, 0.717) is 16.6 Å². The van der Waals surface area contributed by atoms with Crippen molar-refractivity contribution in [1.29, 1.82) is 0 Å². The molecule has 0 aliphatic rings. The molecule has 140 valence electrons. The molecule has 1 heterocycles. The van der Waals surface area contributed by atoms with Gasteiger partial charge in [-0.15, -0.1) is 0 Å². The van der Waals surface area contributed by atoms with Gasteiger partial charge in [0, 0.05) is 18.3 Å². The number of anilines is 3. The highest BCUT2D eigenvalue weighted by atomic mass is 35.5. The van der Waals surface area contributed by atoms with Gasteiger partial charge in [-0.2, -0.15) is 0 Å². The summed E-state index contributed by atoms with van der Waals surface area (Å²) in [6.45, 7) is 0.727. The van der Waals surface area contributed by atoms with E-state index in [4.69, 9.17) is 21.1 Å². The van der Waals surface area contributed by atoms with Gasteiger partial charge < -0.3 is 20.1 Å². The molecule has 0 fully saturated rings. The van der Waals surface area contributed by atoms with Crippen LogP contribution in [0.2, 0.25) is 5.02 Å². The monoisotopic (exact) mass is 384 g/mol. The van der Waals surface area contributed by atoms with E-state index < -0.39 is 0 Å². The van der Waals surface area contributed by atoms with Crippen LogP contribution in [0.4, 0.5) is 17.3 Å². The molecule has 0 spiro atoms. The lowest BCUT2D eigenvalue weighted by atomic mass is 10.1. The summed E-state index contributed by atoms with van der Waals surface area (Å²) in [5.41, 5.74) is 1.97. The predicted octanol–water partition coefficient (Wildman–Crippen LogP) is 4.55. The Kier molecular flexibility index (Phi) is 6.33. The Bertz CT molecular complexity index is 905. The summed E-state index contributed by atoms with van der Waals surface area (Å²) >= 11 is 6.16. The van der Waals surface area contributed by atoms with Gasteiger partial charge in [-0.3, -0.25) is 0 Å². The van der Waals surface area contributed by atoms with Gasteiger partial charge in [0.05, 0.1) is 19.2 Å². The number of aromatic nitrogens is 2. The van der Waals surface area contributed by atoms with Crippen LogP contribution in [-0.2, 0) is 6.42 Å². The van der Waals surface area contributed by atoms with Crippen LogP contribution in [-0.4, -0.2) is 30.7 Å². The average molecular weight is 385 g/mol. The second-order valence-electron chi connectivity index (χ2n) is 5.75. The summed E-state index contributed by atoms with van der Waals surface area (Å²) in [5, 5.41) is 7.05. The quantitative estimate of drug-likeness (QED) is 0.594. The highest BCUT2D eigenvalue weighted by Gasteiger charge is 2.05. The van der Waals surface area contributed by atoms with E-state index in [1.807, 2.05) is 30.3 Å². The fraction of sp³-hybridized carbons (Fsp3) is 0.200. The molecule has 1 aromatic heterocycles. The van der Waals surface area contributed by atoms with E-state index in [9.17, 15) is 0 Å². The van der Waals surface area contributed by atoms with Crippen molar-refractivity contribution in [3.8, 4) is 11.5 Å². The van der Waals surface area contributed by atoms with Gasteiger partial charge >= 0.3 is 0 Å². The largest absolute Gasteiger partial charge is 0.496 e. The van der Waals surface area contributed by atoms with Gasteiger partial charge in [-0.25, -0.2) is 9.97 Å². The third-order valence-corrected chi connectivity index (χ3v) is 4.28. The van der Waals surface area contributed by atoms with Crippen molar-refractivity contribution < 1.29 is 9.47 Å². The maximum atomic E-state index is 6.16. The van der Waals surface area contributed by atoms with Crippen molar-refractivity contribution in [2.45, 2.75) is 6.42 Å². The molecule has 7 heteroatoms. The molecule has 2 aromatic carbocycles. The van der Waals surface area contributed by atoms with Crippen LogP contribution in [0.25, 0.3) is 0 Å². The number of benzene rings is 2. The van der Waals surface area contributed by atoms with E-state index in [0.717, 1.165) is 35.8 Å². The zero-order chi connectivity index (χ0) is 19.1. The molecule has 0 bridgehead atoms. The van der Waals surface area contributed by atoms with Crippen LogP contribution in [0.5, 0.6) is 11.5 Å². The van der Waals surface area contributed by atoms with Crippen molar-refractivity contribution in [2.75, 3.05) is 31.4 Å². The number of hydrogen-bond donors (Lipinski definition) is 2. The van der Waals surface area contributed by atoms with E-state index in [1.165, 1.54) is 6.33 Å². The molecule has 0 atom stereocenters. The molecule has 0 aliphatic heterocycles. The van der Waals surface area contributed by atoms with Crippen LogP contribution in [0.1, 0.15) is 5.56 Å². The van der Waals surface area contributed by atoms with Gasteiger partial charge in [0.15, 0.2) is 0 Å². The summed E-state index contributed by atoms with van der Waals surface area (Å²) < 4.78 is 10.5. The van der Waals surface area contributed by atoms with E-state index >= 15 is 0 Å². The lowest BCUT2D eigenvalue weighted by Crippen LogP contribution is -2.08. The van der Waals surface area contributed by atoms with Crippen LogP contribution in [0, 0.1) is 0 Å². The first kappa shape index (κ1) is 18.8. The van der Waals surface area contributed by atoms with Gasteiger partial charge in [-0.05, 0) is 36.2 Å². The fourth-order valence-electron chi connectivity index (χ4n) is 2.65. The Morgan fingerprint density at radius 1 is 0.926 bits per heavy atom. The third kappa shape index (κ3) is 5.01. The molecular formula is C20H21ClN4O2. The third-order valence-electron chi connectivity index (χ3n) is 3.98. The molecule has 0 aliphatic carbocycles. The topological polar surface area (TPSA) is 68.3 Å². The molecule has 0 radical (unpaired) electrons. The maximum absolute atomic E-state index is 6.16. The molecular weight excluding hydrogens is 364 g/mol. The first-order valence-corrected chi connectivity index (χ1v) is 8.86. The summed E-state index contributed by atoms with van der Waals surface area (Å²) in [7, 11) is 3.27. The number of nitrogens with zero attached hydrogens (tertiary/aromatic N) is 2. The van der Waals surface area contributed by atoms with Crippen molar-refractivity contribution in [2.24, 2.45) is 0 Å². The first-order chi connectivity index (χ1) is 13.2. The number of rotatable bonds is 8. The van der Waals surface area contributed by atoms with Crippen molar-refractivity contribution in [1.82, 2.24) is 9.97 Å². The summed E-state index contributed by atoms with van der Waals surface area (Å²) in [6.07, 6.45) is 2.34. The minimum absolute atomic E-state index is 0.534. The molecule has 6 nitrogen and oxygen atoms in total. The van der Waals surface area contributed by atoms with E-state index in [-0.39, 0.29) is 0 Å². The average Bonchev–Trinajstić information content (AvgIpc) is 2.69. The summed E-state index contributed by atoms with van der Waals surface area (Å²) in [6, 6.07) is 15.3. The van der Waals surface area contributed by atoms with E-state index in [2.05, 4.69) is 26.7 Å². The molecule has 3 aromatic rings. The Balaban J connectivity index is 1.61. The van der Waals surface area contributed by atoms with Gasteiger partial charge in [-0.1, -0.05) is 29.8 Å². The Morgan fingerprint density at radius 2 is 1.70 bits per heavy atom. The van der Waals surface area contributed by atoms with E-state index in [1.54, 1.807) is 26.4 Å². The normalized spacial score (nSPS) is 10.3. The van der Waals surface area contributed by atoms with Gasteiger partial charge in [0.1, 0.15) is 29.5 Å². The zero-order valence-electron chi connectivity index (χ0n) is 15.2.